The van der Waals surface area contributed by atoms with Crippen LogP contribution in [0.5, 0.6) is 0 Å². The van der Waals surface area contributed by atoms with Gasteiger partial charge in [0.2, 0.25) is 0 Å². The van der Waals surface area contributed by atoms with Gasteiger partial charge >= 0.3 is 0 Å². The van der Waals surface area contributed by atoms with Crippen molar-refractivity contribution in [1.82, 2.24) is 9.97 Å². The first-order chi connectivity index (χ1) is 16.8. The first-order valence-electron chi connectivity index (χ1n) is 12.9. The van der Waals surface area contributed by atoms with Gasteiger partial charge in [0, 0.05) is 35.6 Å². The van der Waals surface area contributed by atoms with Crippen LogP contribution in [0, 0.1) is 12.3 Å². The Morgan fingerprint density at radius 3 is 2.63 bits per heavy atom. The van der Waals surface area contributed by atoms with E-state index in [0.717, 1.165) is 67.3 Å². The van der Waals surface area contributed by atoms with Crippen LogP contribution in [0.1, 0.15) is 61.3 Å². The lowest BCUT2D eigenvalue weighted by Gasteiger charge is -2.56. The molecule has 2 saturated heterocycles. The molecular weight excluding hydrogens is 436 g/mol. The summed E-state index contributed by atoms with van der Waals surface area (Å²) in [5.41, 5.74) is 7.82. The van der Waals surface area contributed by atoms with Gasteiger partial charge in [0.05, 0.1) is 30.8 Å². The van der Waals surface area contributed by atoms with Crippen LogP contribution in [0.3, 0.4) is 0 Å². The van der Waals surface area contributed by atoms with E-state index in [2.05, 4.69) is 61.3 Å². The number of nitrogens with zero attached hydrogens (tertiary/aromatic N) is 3. The molecule has 1 aromatic heterocycles. The molecule has 2 aliphatic heterocycles. The molecule has 6 rings (SSSR count). The van der Waals surface area contributed by atoms with Crippen molar-refractivity contribution in [3.63, 3.8) is 0 Å². The van der Waals surface area contributed by atoms with E-state index in [-0.39, 0.29) is 18.1 Å². The van der Waals surface area contributed by atoms with E-state index in [1.165, 1.54) is 28.8 Å². The third-order valence-electron chi connectivity index (χ3n) is 8.28. The number of aromatic nitrogens is 2. The lowest BCUT2D eigenvalue weighted by atomic mass is 9.77. The van der Waals surface area contributed by atoms with E-state index in [1.807, 2.05) is 6.92 Å². The molecular formula is C29H36N4O2. The number of aryl methyl sites for hydroxylation is 2. The van der Waals surface area contributed by atoms with Crippen LogP contribution >= 0.6 is 0 Å². The smallest absolute Gasteiger partial charge is 0.138 e. The molecule has 184 valence electrons. The molecule has 1 atom stereocenters. The molecule has 3 aromatic rings. The third-order valence-corrected chi connectivity index (χ3v) is 8.28. The lowest BCUT2D eigenvalue weighted by Crippen LogP contribution is -2.66. The molecule has 2 aromatic carbocycles. The summed E-state index contributed by atoms with van der Waals surface area (Å²) in [6.07, 6.45) is 3.42. The van der Waals surface area contributed by atoms with Crippen molar-refractivity contribution in [2.75, 3.05) is 43.1 Å². The Balaban J connectivity index is 1.37. The zero-order valence-electron chi connectivity index (χ0n) is 21.3. The van der Waals surface area contributed by atoms with Crippen LogP contribution in [0.2, 0.25) is 0 Å². The predicted octanol–water partition coefficient (Wildman–Crippen LogP) is 4.71. The average Bonchev–Trinajstić information content (AvgIpc) is 3.28. The topological polar surface area (TPSA) is 70.5 Å². The molecule has 2 N–H and O–H groups in total. The number of fused-ring (bicyclic) bond motifs is 3. The second-order valence-electron chi connectivity index (χ2n) is 11.6. The molecule has 3 aliphatic rings. The van der Waals surface area contributed by atoms with Gasteiger partial charge in [0.15, 0.2) is 0 Å². The highest BCUT2D eigenvalue weighted by Gasteiger charge is 2.49. The summed E-state index contributed by atoms with van der Waals surface area (Å²) in [6.45, 7) is 12.4. The fraction of sp³-hybridized carbons (Fsp3) is 0.517. The van der Waals surface area contributed by atoms with Crippen molar-refractivity contribution in [1.29, 1.82) is 0 Å². The van der Waals surface area contributed by atoms with Crippen molar-refractivity contribution in [3.8, 4) is 0 Å². The second kappa shape index (κ2) is 8.17. The summed E-state index contributed by atoms with van der Waals surface area (Å²) in [5, 5.41) is 14.7. The summed E-state index contributed by atoms with van der Waals surface area (Å²) >= 11 is 0. The highest BCUT2D eigenvalue weighted by Crippen LogP contribution is 2.45. The standard InChI is InChI=1S/C29H36N4O2/c1-18(20-7-5-8-21(11-20)28(3,4)15-34)30-27-24-12-25(33-13-29(14-33)16-35-17-29)22-9-6-10-23(22)26(24)31-19(2)32-27/h5,7-8,11-12,18,34H,6,9-10,13-17H2,1-4H3,(H,30,31,32). The minimum absolute atomic E-state index is 0.0676. The SMILES string of the molecule is Cc1nc(NC(C)c2cccc(C(C)(C)CO)c2)c2cc(N3CC4(COC4)C3)c3c(c2n1)CCC3. The Morgan fingerprint density at radius 2 is 1.91 bits per heavy atom. The molecule has 3 heterocycles. The monoisotopic (exact) mass is 472 g/mol. The first kappa shape index (κ1) is 22.7. The van der Waals surface area contributed by atoms with E-state index >= 15 is 0 Å². The largest absolute Gasteiger partial charge is 0.395 e. The Morgan fingerprint density at radius 1 is 1.14 bits per heavy atom. The molecule has 0 saturated carbocycles. The summed E-state index contributed by atoms with van der Waals surface area (Å²) in [4.78, 5) is 12.3. The number of aliphatic hydroxyl groups excluding tert-OH is 1. The summed E-state index contributed by atoms with van der Waals surface area (Å²) in [7, 11) is 0. The zero-order chi connectivity index (χ0) is 24.4. The van der Waals surface area contributed by atoms with Crippen LogP contribution in [0.4, 0.5) is 11.5 Å². The van der Waals surface area contributed by atoms with Gasteiger partial charge in [-0.05, 0) is 61.4 Å². The van der Waals surface area contributed by atoms with Gasteiger partial charge in [-0.3, -0.25) is 0 Å². The fourth-order valence-electron chi connectivity index (χ4n) is 5.97. The van der Waals surface area contributed by atoms with Gasteiger partial charge in [0.1, 0.15) is 11.6 Å². The normalized spacial score (nSPS) is 19.4. The van der Waals surface area contributed by atoms with Gasteiger partial charge in [0.25, 0.3) is 0 Å². The number of nitrogens with one attached hydrogen (secondary N) is 1. The molecule has 1 spiro atoms. The van der Waals surface area contributed by atoms with Crippen molar-refractivity contribution >= 4 is 22.4 Å². The van der Waals surface area contributed by atoms with Crippen molar-refractivity contribution < 1.29 is 9.84 Å². The molecule has 0 bridgehead atoms. The van der Waals surface area contributed by atoms with Crippen molar-refractivity contribution in [2.24, 2.45) is 5.41 Å². The predicted molar refractivity (Wildman–Crippen MR) is 140 cm³/mol. The van der Waals surface area contributed by atoms with Gasteiger partial charge < -0.3 is 20.1 Å². The van der Waals surface area contributed by atoms with Crippen LogP contribution < -0.4 is 10.2 Å². The average molecular weight is 473 g/mol. The summed E-state index contributed by atoms with van der Waals surface area (Å²) in [6, 6.07) is 10.9. The second-order valence-corrected chi connectivity index (χ2v) is 11.6. The highest BCUT2D eigenvalue weighted by atomic mass is 16.5. The van der Waals surface area contributed by atoms with Gasteiger partial charge in [-0.2, -0.15) is 0 Å². The maximum absolute atomic E-state index is 9.84. The Hall–Kier alpha value is -2.70. The van der Waals surface area contributed by atoms with E-state index in [1.54, 1.807) is 0 Å². The minimum atomic E-state index is -0.274. The number of hydrogen-bond acceptors (Lipinski definition) is 6. The van der Waals surface area contributed by atoms with Crippen LogP contribution in [0.15, 0.2) is 30.3 Å². The Kier molecular flexibility index (Phi) is 5.31. The number of hydrogen-bond donors (Lipinski definition) is 2. The Bertz CT molecular complexity index is 1290. The number of rotatable bonds is 6. The molecule has 0 radical (unpaired) electrons. The quantitative estimate of drug-likeness (QED) is 0.542. The minimum Gasteiger partial charge on any atom is -0.395 e. The van der Waals surface area contributed by atoms with E-state index < -0.39 is 0 Å². The van der Waals surface area contributed by atoms with Gasteiger partial charge in [-0.25, -0.2) is 9.97 Å². The molecule has 6 nitrogen and oxygen atoms in total. The maximum Gasteiger partial charge on any atom is 0.138 e. The van der Waals surface area contributed by atoms with E-state index in [9.17, 15) is 5.11 Å². The number of benzene rings is 2. The molecule has 1 aliphatic carbocycles. The number of aliphatic hydroxyl groups is 1. The van der Waals surface area contributed by atoms with Crippen LogP contribution in [-0.2, 0) is 23.0 Å². The van der Waals surface area contributed by atoms with Crippen molar-refractivity contribution in [2.45, 2.75) is 58.4 Å². The fourth-order valence-corrected chi connectivity index (χ4v) is 5.97. The first-order valence-corrected chi connectivity index (χ1v) is 12.9. The lowest BCUT2D eigenvalue weighted by molar-refractivity contribution is -0.127. The van der Waals surface area contributed by atoms with E-state index in [0.29, 0.717) is 5.41 Å². The van der Waals surface area contributed by atoms with Crippen LogP contribution in [0.25, 0.3) is 10.9 Å². The molecule has 1 unspecified atom stereocenters. The molecule has 0 amide bonds. The number of anilines is 2. The zero-order valence-corrected chi connectivity index (χ0v) is 21.3. The van der Waals surface area contributed by atoms with Gasteiger partial charge in [-0.1, -0.05) is 38.1 Å². The highest BCUT2D eigenvalue weighted by molar-refractivity contribution is 5.96. The Labute approximate surface area is 207 Å². The maximum atomic E-state index is 9.84. The summed E-state index contributed by atoms with van der Waals surface area (Å²) in [5.74, 6) is 1.71. The van der Waals surface area contributed by atoms with E-state index in [4.69, 9.17) is 14.7 Å². The molecule has 6 heteroatoms. The molecule has 35 heavy (non-hydrogen) atoms. The van der Waals surface area contributed by atoms with Crippen LogP contribution in [-0.4, -0.2) is 48.0 Å². The molecule has 2 fully saturated rings. The number of ether oxygens (including phenoxy) is 1. The third kappa shape index (κ3) is 3.78. The summed E-state index contributed by atoms with van der Waals surface area (Å²) < 4.78 is 5.51. The van der Waals surface area contributed by atoms with Crippen molar-refractivity contribution in [3.05, 3.63) is 58.4 Å². The van der Waals surface area contributed by atoms with Gasteiger partial charge in [-0.15, -0.1) is 0 Å².